The van der Waals surface area contributed by atoms with Crippen LogP contribution in [0, 0.1) is 0 Å². The van der Waals surface area contributed by atoms with Crippen LogP contribution >= 0.6 is 15.9 Å². The van der Waals surface area contributed by atoms with Crippen LogP contribution in [0.2, 0.25) is 0 Å². The van der Waals surface area contributed by atoms with E-state index in [2.05, 4.69) is 21.2 Å². The molecule has 4 N–H and O–H groups in total. The first-order valence-corrected chi connectivity index (χ1v) is 6.47. The molecule has 5 heteroatoms. The fourth-order valence-electron chi connectivity index (χ4n) is 1.88. The molecular weight excluding hydrogens is 284 g/mol. The van der Waals surface area contributed by atoms with Crippen molar-refractivity contribution in [2.24, 2.45) is 0 Å². The van der Waals surface area contributed by atoms with E-state index in [0.717, 1.165) is 10.2 Å². The van der Waals surface area contributed by atoms with Gasteiger partial charge >= 0.3 is 0 Å². The van der Waals surface area contributed by atoms with Gasteiger partial charge in [-0.25, -0.2) is 0 Å². The number of anilines is 2. The number of benzene rings is 1. The van der Waals surface area contributed by atoms with Gasteiger partial charge in [0.1, 0.15) is 0 Å². The number of hydrogen-bond donors (Lipinski definition) is 3. The van der Waals surface area contributed by atoms with Crippen molar-refractivity contribution in [3.8, 4) is 0 Å². The number of nitrogens with one attached hydrogen (secondary N) is 1. The van der Waals surface area contributed by atoms with Gasteiger partial charge in [-0.3, -0.25) is 0 Å². The van der Waals surface area contributed by atoms with Gasteiger partial charge in [-0.05, 0) is 18.2 Å². The molecule has 0 saturated carbocycles. The second kappa shape index (κ2) is 5.25. The Balaban J connectivity index is 1.97. The Labute approximate surface area is 109 Å². The molecule has 1 aliphatic rings. The Morgan fingerprint density at radius 1 is 1.41 bits per heavy atom. The molecule has 0 unspecified atom stereocenters. The zero-order chi connectivity index (χ0) is 12.3. The molecule has 0 aliphatic carbocycles. The van der Waals surface area contributed by atoms with Crippen molar-refractivity contribution in [1.29, 1.82) is 0 Å². The molecule has 94 valence electrons. The van der Waals surface area contributed by atoms with Crippen LogP contribution in [0.15, 0.2) is 22.7 Å². The first-order valence-electron chi connectivity index (χ1n) is 5.68. The van der Waals surface area contributed by atoms with Crippen molar-refractivity contribution in [2.75, 3.05) is 30.8 Å². The quantitative estimate of drug-likeness (QED) is 0.747. The molecule has 1 aliphatic heterocycles. The lowest BCUT2D eigenvalue weighted by Crippen LogP contribution is -2.42. The summed E-state index contributed by atoms with van der Waals surface area (Å²) < 4.78 is 6.19. The van der Waals surface area contributed by atoms with Gasteiger partial charge in [-0.1, -0.05) is 15.9 Å². The molecule has 1 saturated heterocycles. The van der Waals surface area contributed by atoms with Crippen molar-refractivity contribution < 1.29 is 9.84 Å². The lowest BCUT2D eigenvalue weighted by molar-refractivity contribution is -0.0543. The molecule has 0 radical (unpaired) electrons. The smallest absolute Gasteiger partial charge is 0.0863 e. The summed E-state index contributed by atoms with van der Waals surface area (Å²) in [5.74, 6) is 0. The van der Waals surface area contributed by atoms with Crippen LogP contribution in [0.3, 0.4) is 0 Å². The Kier molecular flexibility index (Phi) is 3.91. The third kappa shape index (κ3) is 3.34. The van der Waals surface area contributed by atoms with Crippen LogP contribution in [0.5, 0.6) is 0 Å². The summed E-state index contributed by atoms with van der Waals surface area (Å²) >= 11 is 3.36. The number of aliphatic hydroxyl groups is 1. The van der Waals surface area contributed by atoms with Gasteiger partial charge in [0.2, 0.25) is 0 Å². The third-order valence-electron chi connectivity index (χ3n) is 3.05. The third-order valence-corrected chi connectivity index (χ3v) is 3.54. The van der Waals surface area contributed by atoms with Crippen molar-refractivity contribution in [2.45, 2.75) is 18.4 Å². The van der Waals surface area contributed by atoms with Gasteiger partial charge in [0.05, 0.1) is 17.0 Å². The SMILES string of the molecule is Nc1cc(Br)ccc1NCC1(O)CCOCC1. The molecule has 4 nitrogen and oxygen atoms in total. The lowest BCUT2D eigenvalue weighted by Gasteiger charge is -2.32. The Morgan fingerprint density at radius 3 is 2.76 bits per heavy atom. The van der Waals surface area contributed by atoms with Crippen LogP contribution in [0.25, 0.3) is 0 Å². The maximum Gasteiger partial charge on any atom is 0.0863 e. The molecule has 0 bridgehead atoms. The largest absolute Gasteiger partial charge is 0.397 e. The van der Waals surface area contributed by atoms with Gasteiger partial charge in [0, 0.05) is 37.1 Å². The Bertz CT molecular complexity index is 392. The maximum atomic E-state index is 10.3. The van der Waals surface area contributed by atoms with E-state index in [1.54, 1.807) is 0 Å². The summed E-state index contributed by atoms with van der Waals surface area (Å²) in [4.78, 5) is 0. The van der Waals surface area contributed by atoms with Crippen molar-refractivity contribution in [3.63, 3.8) is 0 Å². The number of nitrogens with two attached hydrogens (primary N) is 1. The summed E-state index contributed by atoms with van der Waals surface area (Å²) in [5, 5.41) is 13.5. The molecule has 2 rings (SSSR count). The molecule has 1 aromatic rings. The molecule has 1 aromatic carbocycles. The average Bonchev–Trinajstić information content (AvgIpc) is 2.29. The maximum absolute atomic E-state index is 10.3. The summed E-state index contributed by atoms with van der Waals surface area (Å²) in [6.45, 7) is 1.74. The number of hydrogen-bond acceptors (Lipinski definition) is 4. The standard InChI is InChI=1S/C12H17BrN2O2/c13-9-1-2-11(10(14)7-9)15-8-12(16)3-5-17-6-4-12/h1-2,7,15-16H,3-6,8,14H2. The topological polar surface area (TPSA) is 67.5 Å². The predicted octanol–water partition coefficient (Wildman–Crippen LogP) is 1.98. The monoisotopic (exact) mass is 300 g/mol. The van der Waals surface area contributed by atoms with Gasteiger partial charge in [0.15, 0.2) is 0 Å². The van der Waals surface area contributed by atoms with E-state index in [0.29, 0.717) is 38.3 Å². The molecule has 1 heterocycles. The van der Waals surface area contributed by atoms with Crippen molar-refractivity contribution >= 4 is 27.3 Å². The molecule has 0 atom stereocenters. The highest BCUT2D eigenvalue weighted by molar-refractivity contribution is 9.10. The number of nitrogen functional groups attached to an aromatic ring is 1. The van der Waals surface area contributed by atoms with Gasteiger partial charge < -0.3 is 20.9 Å². The van der Waals surface area contributed by atoms with Crippen LogP contribution in [0.4, 0.5) is 11.4 Å². The van der Waals surface area contributed by atoms with E-state index in [9.17, 15) is 5.11 Å². The van der Waals surface area contributed by atoms with Crippen molar-refractivity contribution in [1.82, 2.24) is 0 Å². The van der Waals surface area contributed by atoms with E-state index in [1.165, 1.54) is 0 Å². The molecule has 1 fully saturated rings. The fraction of sp³-hybridized carbons (Fsp3) is 0.500. The summed E-state index contributed by atoms with van der Waals surface area (Å²) in [5.41, 5.74) is 6.73. The van der Waals surface area contributed by atoms with E-state index in [1.807, 2.05) is 18.2 Å². The summed E-state index contributed by atoms with van der Waals surface area (Å²) in [7, 11) is 0. The van der Waals surface area contributed by atoms with Crippen molar-refractivity contribution in [3.05, 3.63) is 22.7 Å². The number of halogens is 1. The first kappa shape index (κ1) is 12.7. The van der Waals surface area contributed by atoms with E-state index < -0.39 is 5.60 Å². The van der Waals surface area contributed by atoms with Gasteiger partial charge in [-0.15, -0.1) is 0 Å². The Hall–Kier alpha value is -0.780. The van der Waals surface area contributed by atoms with Gasteiger partial charge in [0.25, 0.3) is 0 Å². The minimum atomic E-state index is -0.683. The second-order valence-corrected chi connectivity index (χ2v) is 5.34. The van der Waals surface area contributed by atoms with Crippen LogP contribution < -0.4 is 11.1 Å². The number of ether oxygens (including phenoxy) is 1. The van der Waals surface area contributed by atoms with E-state index in [-0.39, 0.29) is 0 Å². The van der Waals surface area contributed by atoms with Crippen LogP contribution in [0.1, 0.15) is 12.8 Å². The normalized spacial score (nSPS) is 18.9. The summed E-state index contributed by atoms with van der Waals surface area (Å²) in [6, 6.07) is 5.67. The molecular formula is C12H17BrN2O2. The minimum absolute atomic E-state index is 0.502. The molecule has 17 heavy (non-hydrogen) atoms. The minimum Gasteiger partial charge on any atom is -0.397 e. The zero-order valence-electron chi connectivity index (χ0n) is 9.58. The second-order valence-electron chi connectivity index (χ2n) is 4.42. The highest BCUT2D eigenvalue weighted by Gasteiger charge is 2.29. The lowest BCUT2D eigenvalue weighted by atomic mass is 9.94. The fourth-order valence-corrected chi connectivity index (χ4v) is 2.26. The van der Waals surface area contributed by atoms with Gasteiger partial charge in [-0.2, -0.15) is 0 Å². The van der Waals surface area contributed by atoms with Crippen LogP contribution in [-0.2, 0) is 4.74 Å². The highest BCUT2D eigenvalue weighted by atomic mass is 79.9. The molecule has 0 aromatic heterocycles. The predicted molar refractivity (Wildman–Crippen MR) is 72.0 cm³/mol. The Morgan fingerprint density at radius 2 is 2.12 bits per heavy atom. The number of rotatable bonds is 3. The van der Waals surface area contributed by atoms with Crippen LogP contribution in [-0.4, -0.2) is 30.5 Å². The average molecular weight is 301 g/mol. The summed E-state index contributed by atoms with van der Waals surface area (Å²) in [6.07, 6.45) is 1.33. The molecule has 0 amide bonds. The zero-order valence-corrected chi connectivity index (χ0v) is 11.2. The highest BCUT2D eigenvalue weighted by Crippen LogP contribution is 2.25. The first-order chi connectivity index (χ1) is 8.09. The van der Waals surface area contributed by atoms with E-state index >= 15 is 0 Å². The van der Waals surface area contributed by atoms with E-state index in [4.69, 9.17) is 10.5 Å². The molecule has 0 spiro atoms.